The first-order chi connectivity index (χ1) is 8.98. The van der Waals surface area contributed by atoms with E-state index in [-0.39, 0.29) is 6.04 Å². The Kier molecular flexibility index (Phi) is 3.09. The summed E-state index contributed by atoms with van der Waals surface area (Å²) in [4.78, 5) is 0. The van der Waals surface area contributed by atoms with Crippen LogP contribution in [0.2, 0.25) is 0 Å². The highest BCUT2D eigenvalue weighted by Crippen LogP contribution is 2.43. The van der Waals surface area contributed by atoms with Crippen LogP contribution in [0.25, 0.3) is 0 Å². The highest BCUT2D eigenvalue weighted by atomic mass is 15.0. The molecule has 2 aliphatic rings. The van der Waals surface area contributed by atoms with Crippen LogP contribution < -0.4 is 5.73 Å². The number of fused-ring (bicyclic) bond motifs is 1. The number of aryl methyl sites for hydroxylation is 1. The van der Waals surface area contributed by atoms with Crippen LogP contribution in [0.4, 0.5) is 0 Å². The number of hydrogen-bond donors (Lipinski definition) is 1. The predicted molar refractivity (Wildman–Crippen MR) is 80.2 cm³/mol. The molecular weight excluding hydrogens is 232 g/mol. The third-order valence-electron chi connectivity index (χ3n) is 4.79. The van der Waals surface area contributed by atoms with Crippen LogP contribution in [0.1, 0.15) is 68.6 Å². The van der Waals surface area contributed by atoms with Gasteiger partial charge in [-0.15, -0.1) is 0 Å². The van der Waals surface area contributed by atoms with Gasteiger partial charge in [0.2, 0.25) is 0 Å². The van der Waals surface area contributed by atoms with Gasteiger partial charge in [-0.2, -0.15) is 0 Å². The molecule has 0 aromatic carbocycles. The summed E-state index contributed by atoms with van der Waals surface area (Å²) in [6, 6.07) is 3.21. The Bertz CT molecular complexity index is 508. The van der Waals surface area contributed by atoms with Crippen molar-refractivity contribution in [2.24, 2.45) is 11.1 Å². The standard InChI is InChI=1S/C17H26N2/c1-12-9-14-15(18)10-17(2,3)11-16(14)19(12)13-7-5-4-6-8-13/h4-5,9,13,15H,6-8,10-11,18H2,1-3H3. The van der Waals surface area contributed by atoms with E-state index < -0.39 is 0 Å². The third kappa shape index (κ3) is 2.27. The molecule has 1 heterocycles. The Labute approximate surface area is 116 Å². The summed E-state index contributed by atoms with van der Waals surface area (Å²) >= 11 is 0. The minimum Gasteiger partial charge on any atom is -0.345 e. The molecule has 0 saturated heterocycles. The van der Waals surface area contributed by atoms with Crippen LogP contribution in [-0.2, 0) is 6.42 Å². The second-order valence-corrected chi connectivity index (χ2v) is 7.15. The van der Waals surface area contributed by atoms with Crippen LogP contribution in [-0.4, -0.2) is 4.57 Å². The number of rotatable bonds is 1. The molecule has 0 fully saturated rings. The zero-order valence-electron chi connectivity index (χ0n) is 12.4. The van der Waals surface area contributed by atoms with E-state index in [1.54, 1.807) is 0 Å². The van der Waals surface area contributed by atoms with E-state index in [1.165, 1.54) is 42.6 Å². The monoisotopic (exact) mass is 258 g/mol. The van der Waals surface area contributed by atoms with Gasteiger partial charge in [-0.05, 0) is 56.1 Å². The van der Waals surface area contributed by atoms with Crippen molar-refractivity contribution in [3.05, 3.63) is 35.2 Å². The SMILES string of the molecule is Cc1cc2c(n1C1CC=CCC1)CC(C)(C)CC2N. The second-order valence-electron chi connectivity index (χ2n) is 7.15. The third-order valence-corrected chi connectivity index (χ3v) is 4.79. The van der Waals surface area contributed by atoms with E-state index >= 15 is 0 Å². The fourth-order valence-corrected chi connectivity index (χ4v) is 3.99. The van der Waals surface area contributed by atoms with Crippen molar-refractivity contribution in [3.8, 4) is 0 Å². The minimum atomic E-state index is 0.220. The first-order valence-electron chi connectivity index (χ1n) is 7.59. The van der Waals surface area contributed by atoms with Gasteiger partial charge in [0, 0.05) is 23.5 Å². The molecule has 2 nitrogen and oxygen atoms in total. The van der Waals surface area contributed by atoms with Crippen molar-refractivity contribution in [1.82, 2.24) is 4.57 Å². The minimum absolute atomic E-state index is 0.220. The average molecular weight is 258 g/mol. The van der Waals surface area contributed by atoms with Gasteiger partial charge in [-0.3, -0.25) is 0 Å². The molecule has 0 bridgehead atoms. The number of hydrogen-bond acceptors (Lipinski definition) is 1. The Morgan fingerprint density at radius 1 is 1.32 bits per heavy atom. The number of nitrogens with two attached hydrogens (primary N) is 1. The molecule has 2 heteroatoms. The molecule has 2 aliphatic carbocycles. The summed E-state index contributed by atoms with van der Waals surface area (Å²) in [6.45, 7) is 6.95. The fourth-order valence-electron chi connectivity index (χ4n) is 3.99. The van der Waals surface area contributed by atoms with Crippen molar-refractivity contribution >= 4 is 0 Å². The maximum atomic E-state index is 6.41. The van der Waals surface area contributed by atoms with E-state index in [4.69, 9.17) is 5.73 Å². The quantitative estimate of drug-likeness (QED) is 0.757. The number of nitrogens with zero attached hydrogens (tertiary/aromatic N) is 1. The van der Waals surface area contributed by atoms with Gasteiger partial charge in [0.05, 0.1) is 0 Å². The summed E-state index contributed by atoms with van der Waals surface area (Å²) in [5.74, 6) is 0. The van der Waals surface area contributed by atoms with Crippen LogP contribution in [0.3, 0.4) is 0 Å². The molecule has 0 spiro atoms. The Morgan fingerprint density at radius 2 is 2.11 bits per heavy atom. The maximum absolute atomic E-state index is 6.41. The average Bonchev–Trinajstić information content (AvgIpc) is 2.65. The van der Waals surface area contributed by atoms with Gasteiger partial charge in [0.15, 0.2) is 0 Å². The topological polar surface area (TPSA) is 30.9 Å². The van der Waals surface area contributed by atoms with E-state index in [0.29, 0.717) is 11.5 Å². The smallest absolute Gasteiger partial charge is 0.0373 e. The zero-order chi connectivity index (χ0) is 13.6. The summed E-state index contributed by atoms with van der Waals surface area (Å²) < 4.78 is 2.60. The molecule has 1 aromatic rings. The molecule has 2 atom stereocenters. The summed E-state index contributed by atoms with van der Waals surface area (Å²) in [5.41, 5.74) is 11.1. The Hall–Kier alpha value is -1.02. The molecule has 104 valence electrons. The maximum Gasteiger partial charge on any atom is 0.0373 e. The van der Waals surface area contributed by atoms with E-state index in [1.807, 2.05) is 0 Å². The summed E-state index contributed by atoms with van der Waals surface area (Å²) in [7, 11) is 0. The van der Waals surface area contributed by atoms with Crippen LogP contribution in [0.5, 0.6) is 0 Å². The molecule has 1 aromatic heterocycles. The van der Waals surface area contributed by atoms with Gasteiger partial charge in [-0.25, -0.2) is 0 Å². The van der Waals surface area contributed by atoms with Gasteiger partial charge in [0.1, 0.15) is 0 Å². The lowest BCUT2D eigenvalue weighted by Crippen LogP contribution is -2.31. The molecule has 2 unspecified atom stereocenters. The summed E-state index contributed by atoms with van der Waals surface area (Å²) in [5, 5.41) is 0. The molecule has 0 saturated carbocycles. The second kappa shape index (κ2) is 4.52. The first-order valence-corrected chi connectivity index (χ1v) is 7.59. The molecule has 0 aliphatic heterocycles. The van der Waals surface area contributed by atoms with Crippen molar-refractivity contribution < 1.29 is 0 Å². The number of aromatic nitrogens is 1. The van der Waals surface area contributed by atoms with Crippen molar-refractivity contribution in [2.75, 3.05) is 0 Å². The van der Waals surface area contributed by atoms with Crippen molar-refractivity contribution in [2.45, 2.75) is 65.0 Å². The lowest BCUT2D eigenvalue weighted by atomic mass is 9.74. The first kappa shape index (κ1) is 13.0. The van der Waals surface area contributed by atoms with Crippen molar-refractivity contribution in [3.63, 3.8) is 0 Å². The van der Waals surface area contributed by atoms with Gasteiger partial charge < -0.3 is 10.3 Å². The molecule has 0 radical (unpaired) electrons. The Balaban J connectivity index is 2.04. The lowest BCUT2D eigenvalue weighted by molar-refractivity contribution is 0.269. The highest BCUT2D eigenvalue weighted by Gasteiger charge is 2.34. The van der Waals surface area contributed by atoms with Crippen LogP contribution in [0, 0.1) is 12.3 Å². The molecule has 2 N–H and O–H groups in total. The molecule has 19 heavy (non-hydrogen) atoms. The van der Waals surface area contributed by atoms with Crippen LogP contribution >= 0.6 is 0 Å². The van der Waals surface area contributed by atoms with Crippen LogP contribution in [0.15, 0.2) is 18.2 Å². The molecule has 0 amide bonds. The van der Waals surface area contributed by atoms with E-state index in [9.17, 15) is 0 Å². The fraction of sp³-hybridized carbons (Fsp3) is 0.647. The molecule has 3 rings (SSSR count). The van der Waals surface area contributed by atoms with E-state index in [0.717, 1.165) is 6.42 Å². The zero-order valence-corrected chi connectivity index (χ0v) is 12.4. The molecular formula is C17H26N2. The normalized spacial score (nSPS) is 29.3. The highest BCUT2D eigenvalue weighted by molar-refractivity contribution is 5.35. The largest absolute Gasteiger partial charge is 0.345 e. The lowest BCUT2D eigenvalue weighted by Gasteiger charge is -2.36. The summed E-state index contributed by atoms with van der Waals surface area (Å²) in [6.07, 6.45) is 10.6. The van der Waals surface area contributed by atoms with Gasteiger partial charge in [-0.1, -0.05) is 26.0 Å². The van der Waals surface area contributed by atoms with Gasteiger partial charge in [0.25, 0.3) is 0 Å². The Morgan fingerprint density at radius 3 is 2.79 bits per heavy atom. The number of allylic oxidation sites excluding steroid dienone is 2. The van der Waals surface area contributed by atoms with Crippen molar-refractivity contribution in [1.29, 1.82) is 0 Å². The van der Waals surface area contributed by atoms with Gasteiger partial charge >= 0.3 is 0 Å². The van der Waals surface area contributed by atoms with E-state index in [2.05, 4.69) is 43.6 Å². The predicted octanol–water partition coefficient (Wildman–Crippen LogP) is 4.05.